The van der Waals surface area contributed by atoms with Crippen molar-refractivity contribution in [1.29, 1.82) is 0 Å². The lowest BCUT2D eigenvalue weighted by Crippen LogP contribution is -2.12. The van der Waals surface area contributed by atoms with Gasteiger partial charge in [-0.3, -0.25) is 0 Å². The molecule has 1 N–H and O–H groups in total. The molecule has 1 aliphatic carbocycles. The molecule has 14 heavy (non-hydrogen) atoms. The quantitative estimate of drug-likeness (QED) is 0.795. The van der Waals surface area contributed by atoms with Gasteiger partial charge in [0.05, 0.1) is 0 Å². The normalized spacial score (nSPS) is 20.0. The van der Waals surface area contributed by atoms with Gasteiger partial charge in [-0.05, 0) is 43.4 Å². The van der Waals surface area contributed by atoms with Crippen LogP contribution in [0.15, 0.2) is 23.1 Å². The summed E-state index contributed by atoms with van der Waals surface area (Å²) in [5.74, 6) is 0. The highest BCUT2D eigenvalue weighted by Crippen LogP contribution is 2.42. The molecule has 0 aromatic heterocycles. The molecule has 0 atom stereocenters. The van der Waals surface area contributed by atoms with E-state index < -0.39 is 0 Å². The molecule has 0 spiro atoms. The van der Waals surface area contributed by atoms with Crippen molar-refractivity contribution in [3.05, 3.63) is 23.8 Å². The maximum atomic E-state index is 3.48. The van der Waals surface area contributed by atoms with Gasteiger partial charge >= 0.3 is 0 Å². The summed E-state index contributed by atoms with van der Waals surface area (Å²) in [6.45, 7) is 1.14. The van der Waals surface area contributed by atoms with E-state index >= 15 is 0 Å². The predicted molar refractivity (Wildman–Crippen MR) is 62.1 cm³/mol. The van der Waals surface area contributed by atoms with Crippen LogP contribution in [0.3, 0.4) is 0 Å². The topological polar surface area (TPSA) is 12.0 Å². The molecule has 0 unspecified atom stereocenters. The highest BCUT2D eigenvalue weighted by atomic mass is 32.2. The largest absolute Gasteiger partial charge is 0.385 e. The Morgan fingerprint density at radius 1 is 1.29 bits per heavy atom. The summed E-state index contributed by atoms with van der Waals surface area (Å²) < 4.78 is 0. The second-order valence-corrected chi connectivity index (χ2v) is 5.47. The summed E-state index contributed by atoms with van der Waals surface area (Å²) in [6, 6.07) is 6.68. The third-order valence-electron chi connectivity index (χ3n) is 2.87. The fourth-order valence-electron chi connectivity index (χ4n) is 1.95. The molecule has 1 fully saturated rings. The van der Waals surface area contributed by atoms with Gasteiger partial charge < -0.3 is 5.32 Å². The van der Waals surface area contributed by atoms with Crippen LogP contribution in [-0.2, 0) is 6.42 Å². The zero-order valence-electron chi connectivity index (χ0n) is 8.25. The molecule has 0 saturated heterocycles. The first-order valence-corrected chi connectivity index (χ1v) is 6.34. The summed E-state index contributed by atoms with van der Waals surface area (Å²) in [6.07, 6.45) is 5.39. The Hall–Kier alpha value is -0.630. The summed E-state index contributed by atoms with van der Waals surface area (Å²) in [7, 11) is 0. The third-order valence-corrected chi connectivity index (χ3v) is 4.31. The molecule has 2 aliphatic rings. The fourth-order valence-corrected chi connectivity index (χ4v) is 3.20. The molecule has 2 heteroatoms. The van der Waals surface area contributed by atoms with Crippen molar-refractivity contribution in [3.8, 4) is 0 Å². The first-order chi connectivity index (χ1) is 6.93. The Labute approximate surface area is 89.3 Å². The highest BCUT2D eigenvalue weighted by Gasteiger charge is 2.24. The second kappa shape index (κ2) is 3.50. The molecule has 1 aromatic rings. The minimum absolute atomic E-state index is 0.920. The van der Waals surface area contributed by atoms with Crippen molar-refractivity contribution in [3.63, 3.8) is 0 Å². The van der Waals surface area contributed by atoms with Gasteiger partial charge in [0.15, 0.2) is 0 Å². The van der Waals surface area contributed by atoms with Crippen LogP contribution >= 0.6 is 11.8 Å². The molecule has 74 valence electrons. The van der Waals surface area contributed by atoms with Gasteiger partial charge in [0, 0.05) is 22.4 Å². The van der Waals surface area contributed by atoms with Crippen molar-refractivity contribution < 1.29 is 0 Å². The molecule has 1 nitrogen and oxygen atoms in total. The summed E-state index contributed by atoms with van der Waals surface area (Å²) in [5.41, 5.74) is 2.94. The molecule has 0 radical (unpaired) electrons. The van der Waals surface area contributed by atoms with E-state index in [4.69, 9.17) is 0 Å². The maximum Gasteiger partial charge on any atom is 0.0383 e. The van der Waals surface area contributed by atoms with Crippen LogP contribution in [0.2, 0.25) is 0 Å². The van der Waals surface area contributed by atoms with E-state index in [9.17, 15) is 0 Å². The van der Waals surface area contributed by atoms with Gasteiger partial charge in [-0.1, -0.05) is 6.07 Å². The number of benzene rings is 1. The maximum absolute atomic E-state index is 3.48. The van der Waals surface area contributed by atoms with E-state index in [1.54, 1.807) is 5.56 Å². The minimum atomic E-state index is 0.920. The van der Waals surface area contributed by atoms with E-state index in [1.807, 2.05) is 0 Å². The lowest BCUT2D eigenvalue weighted by atomic mass is 10.0. The first-order valence-electron chi connectivity index (χ1n) is 5.46. The van der Waals surface area contributed by atoms with Crippen LogP contribution < -0.4 is 5.32 Å². The van der Waals surface area contributed by atoms with E-state index in [0.717, 1.165) is 11.8 Å². The van der Waals surface area contributed by atoms with Crippen LogP contribution in [0.5, 0.6) is 0 Å². The molecule has 0 bridgehead atoms. The van der Waals surface area contributed by atoms with Gasteiger partial charge in [0.1, 0.15) is 0 Å². The Morgan fingerprint density at radius 2 is 2.21 bits per heavy atom. The fraction of sp³-hybridized carbons (Fsp3) is 0.500. The van der Waals surface area contributed by atoms with Gasteiger partial charge in [0.25, 0.3) is 0 Å². The van der Waals surface area contributed by atoms with Crippen molar-refractivity contribution in [2.45, 2.75) is 35.8 Å². The molecule has 1 aliphatic heterocycles. The third kappa shape index (κ3) is 1.63. The standard InChI is InChI=1S/C12H15NS/c1-4-11-10(3-2-8-13-11)12(5-1)14-9-6-7-9/h1,4-5,9,13H,2-3,6-8H2. The average Bonchev–Trinajstić information content (AvgIpc) is 3.03. The number of nitrogens with one attached hydrogen (secondary N) is 1. The summed E-state index contributed by atoms with van der Waals surface area (Å²) >= 11 is 2.08. The van der Waals surface area contributed by atoms with Crippen LogP contribution in [0.4, 0.5) is 5.69 Å². The van der Waals surface area contributed by atoms with Crippen LogP contribution in [0.1, 0.15) is 24.8 Å². The van der Waals surface area contributed by atoms with E-state index in [1.165, 1.54) is 36.3 Å². The predicted octanol–water partition coefficient (Wildman–Crippen LogP) is 3.30. The number of hydrogen-bond donors (Lipinski definition) is 1. The average molecular weight is 205 g/mol. The van der Waals surface area contributed by atoms with E-state index in [2.05, 4.69) is 35.3 Å². The van der Waals surface area contributed by atoms with Crippen molar-refractivity contribution >= 4 is 17.4 Å². The first kappa shape index (κ1) is 8.66. The van der Waals surface area contributed by atoms with Crippen molar-refractivity contribution in [2.24, 2.45) is 0 Å². The summed E-state index contributed by atoms with van der Waals surface area (Å²) in [5, 5.41) is 4.40. The zero-order chi connectivity index (χ0) is 9.38. The SMILES string of the molecule is c1cc2c(c(SC3CC3)c1)CCCN2. The Kier molecular flexibility index (Phi) is 2.17. The van der Waals surface area contributed by atoms with Crippen LogP contribution in [0, 0.1) is 0 Å². The number of anilines is 1. The number of hydrogen-bond acceptors (Lipinski definition) is 2. The van der Waals surface area contributed by atoms with Gasteiger partial charge in [-0.2, -0.15) is 0 Å². The molecule has 0 amide bonds. The van der Waals surface area contributed by atoms with Gasteiger partial charge in [-0.15, -0.1) is 11.8 Å². The second-order valence-electron chi connectivity index (χ2n) is 4.13. The summed E-state index contributed by atoms with van der Waals surface area (Å²) in [4.78, 5) is 1.53. The van der Waals surface area contributed by atoms with E-state index in [0.29, 0.717) is 0 Å². The molecule has 1 aromatic carbocycles. The van der Waals surface area contributed by atoms with Crippen molar-refractivity contribution in [2.75, 3.05) is 11.9 Å². The zero-order valence-corrected chi connectivity index (χ0v) is 9.07. The molecular weight excluding hydrogens is 190 g/mol. The molecule has 3 rings (SSSR count). The lowest BCUT2D eigenvalue weighted by molar-refractivity contribution is 0.814. The van der Waals surface area contributed by atoms with Crippen LogP contribution in [-0.4, -0.2) is 11.8 Å². The smallest absolute Gasteiger partial charge is 0.0383 e. The van der Waals surface area contributed by atoms with Crippen LogP contribution in [0.25, 0.3) is 0 Å². The number of fused-ring (bicyclic) bond motifs is 1. The van der Waals surface area contributed by atoms with E-state index in [-0.39, 0.29) is 0 Å². The lowest BCUT2D eigenvalue weighted by Gasteiger charge is -2.20. The Balaban J connectivity index is 1.92. The molecule has 1 saturated carbocycles. The van der Waals surface area contributed by atoms with Crippen molar-refractivity contribution in [1.82, 2.24) is 0 Å². The number of rotatable bonds is 2. The Bertz CT molecular complexity index is 344. The Morgan fingerprint density at radius 3 is 3.07 bits per heavy atom. The monoisotopic (exact) mass is 205 g/mol. The minimum Gasteiger partial charge on any atom is -0.385 e. The molecular formula is C12H15NS. The number of thioether (sulfide) groups is 1. The highest BCUT2D eigenvalue weighted by molar-refractivity contribution is 8.00. The van der Waals surface area contributed by atoms with Gasteiger partial charge in [0.2, 0.25) is 0 Å². The molecule has 1 heterocycles. The van der Waals surface area contributed by atoms with Gasteiger partial charge in [-0.25, -0.2) is 0 Å².